The molecule has 0 amide bonds. The van der Waals surface area contributed by atoms with Crippen molar-refractivity contribution in [3.8, 4) is 66.8 Å². The first kappa shape index (κ1) is 27.7. The molecule has 1 aliphatic carbocycles. The Kier molecular flexibility index (Phi) is 5.89. The van der Waals surface area contributed by atoms with Crippen molar-refractivity contribution in [2.75, 3.05) is 0 Å². The van der Waals surface area contributed by atoms with Crippen molar-refractivity contribution in [3.05, 3.63) is 170 Å². The average Bonchev–Trinajstić information content (AvgIpc) is 3.75. The Morgan fingerprint density at radius 3 is 1.58 bits per heavy atom. The van der Waals surface area contributed by atoms with Crippen molar-refractivity contribution >= 4 is 53.4 Å². The first-order chi connectivity index (χ1) is 24.8. The molecule has 8 aromatic carbocycles. The van der Waals surface area contributed by atoms with E-state index in [0.717, 1.165) is 27.5 Å². The van der Waals surface area contributed by atoms with Gasteiger partial charge in [0, 0.05) is 36.5 Å². The van der Waals surface area contributed by atoms with Crippen LogP contribution in [0.3, 0.4) is 0 Å². The molecule has 0 unspecified atom stereocenters. The average molecular weight is 653 g/mol. The molecule has 0 aliphatic heterocycles. The van der Waals surface area contributed by atoms with Gasteiger partial charge in [0.1, 0.15) is 11.2 Å². The summed E-state index contributed by atoms with van der Waals surface area (Å²) in [5.41, 5.74) is 16.3. The molecule has 1 aliphatic rings. The molecule has 0 spiro atoms. The van der Waals surface area contributed by atoms with Crippen LogP contribution < -0.4 is 0 Å². The van der Waals surface area contributed by atoms with Gasteiger partial charge in [-0.05, 0) is 97.6 Å². The van der Waals surface area contributed by atoms with E-state index >= 15 is 0 Å². The first-order valence-electron chi connectivity index (χ1n) is 17.1. The molecular weight excluding hydrogens is 625 g/mol. The fourth-order valence-electron chi connectivity index (χ4n) is 8.23. The maximum Gasteiger partial charge on any atom is 0.143 e. The van der Waals surface area contributed by atoms with Gasteiger partial charge in [0.15, 0.2) is 0 Å². The monoisotopic (exact) mass is 652 g/mol. The van der Waals surface area contributed by atoms with E-state index < -0.39 is 0 Å². The predicted molar refractivity (Wildman–Crippen MR) is 213 cm³/mol. The fourth-order valence-corrected chi connectivity index (χ4v) is 9.32. The van der Waals surface area contributed by atoms with Crippen LogP contribution in [0.5, 0.6) is 0 Å². The molecule has 0 bridgehead atoms. The number of rotatable bonds is 2. The standard InChI is InChI=1S/C48H28OS/c1-2-13-32-31(12-1)33-14-3-4-16-35(33)42-27-30(29-24-25-46-41(26-29)37-18-8-10-23-45(37)50-46)28-43(47(42)38-19-6-5-15-34(32)38)40-21-11-20-39-36-17-7-9-22-44(36)49-48(39)40/h1-28H. The molecule has 2 heterocycles. The molecule has 50 heavy (non-hydrogen) atoms. The van der Waals surface area contributed by atoms with Gasteiger partial charge in [0.25, 0.3) is 0 Å². The van der Waals surface area contributed by atoms with E-state index in [1.165, 1.54) is 81.4 Å². The van der Waals surface area contributed by atoms with Gasteiger partial charge in [-0.1, -0.05) is 133 Å². The van der Waals surface area contributed by atoms with E-state index in [2.05, 4.69) is 170 Å². The number of benzene rings is 8. The Balaban J connectivity index is 1.30. The third-order valence-electron chi connectivity index (χ3n) is 10.5. The van der Waals surface area contributed by atoms with Gasteiger partial charge in [-0.25, -0.2) is 0 Å². The molecule has 0 saturated heterocycles. The minimum atomic E-state index is 0.906. The van der Waals surface area contributed by atoms with Crippen LogP contribution in [0.25, 0.3) is 109 Å². The van der Waals surface area contributed by atoms with Crippen LogP contribution in [0.15, 0.2) is 174 Å². The lowest BCUT2D eigenvalue weighted by molar-refractivity contribution is 0.670. The zero-order valence-corrected chi connectivity index (χ0v) is 27.8. The van der Waals surface area contributed by atoms with E-state index in [1.54, 1.807) is 0 Å². The van der Waals surface area contributed by atoms with Crippen molar-refractivity contribution in [1.82, 2.24) is 0 Å². The van der Waals surface area contributed by atoms with Crippen LogP contribution in [0.2, 0.25) is 0 Å². The minimum absolute atomic E-state index is 0.906. The normalized spacial score (nSPS) is 12.0. The molecule has 2 aromatic heterocycles. The zero-order valence-electron chi connectivity index (χ0n) is 27.0. The van der Waals surface area contributed by atoms with Crippen LogP contribution in [0.4, 0.5) is 0 Å². The Hall–Kier alpha value is -6.22. The predicted octanol–water partition coefficient (Wildman–Crippen LogP) is 14.3. The quantitative estimate of drug-likeness (QED) is 0.181. The highest BCUT2D eigenvalue weighted by Gasteiger charge is 2.26. The van der Waals surface area contributed by atoms with Gasteiger partial charge in [-0.3, -0.25) is 0 Å². The molecule has 2 heteroatoms. The van der Waals surface area contributed by atoms with Crippen LogP contribution in [0.1, 0.15) is 0 Å². The maximum absolute atomic E-state index is 6.74. The fraction of sp³-hybridized carbons (Fsp3) is 0. The summed E-state index contributed by atoms with van der Waals surface area (Å²) in [6.07, 6.45) is 0. The zero-order chi connectivity index (χ0) is 32.8. The summed E-state index contributed by atoms with van der Waals surface area (Å²) in [4.78, 5) is 0. The molecule has 0 fully saturated rings. The second-order valence-electron chi connectivity index (χ2n) is 13.2. The van der Waals surface area contributed by atoms with E-state index in [9.17, 15) is 0 Å². The molecule has 11 rings (SSSR count). The summed E-state index contributed by atoms with van der Waals surface area (Å²) >= 11 is 1.86. The number of hydrogen-bond donors (Lipinski definition) is 0. The lowest BCUT2D eigenvalue weighted by Crippen LogP contribution is -1.99. The van der Waals surface area contributed by atoms with Gasteiger partial charge < -0.3 is 4.42 Å². The van der Waals surface area contributed by atoms with E-state index in [-0.39, 0.29) is 0 Å². The maximum atomic E-state index is 6.74. The van der Waals surface area contributed by atoms with Crippen LogP contribution in [0, 0.1) is 0 Å². The topological polar surface area (TPSA) is 13.1 Å². The summed E-state index contributed by atoms with van der Waals surface area (Å²) in [6.45, 7) is 0. The smallest absolute Gasteiger partial charge is 0.143 e. The summed E-state index contributed by atoms with van der Waals surface area (Å²) in [6, 6.07) is 62.2. The summed E-state index contributed by atoms with van der Waals surface area (Å²) in [5.74, 6) is 0. The Morgan fingerprint density at radius 1 is 0.320 bits per heavy atom. The number of furan rings is 1. The summed E-state index contributed by atoms with van der Waals surface area (Å²) in [5, 5.41) is 4.88. The molecule has 0 N–H and O–H groups in total. The molecule has 0 atom stereocenters. The molecule has 0 radical (unpaired) electrons. The van der Waals surface area contributed by atoms with Crippen molar-refractivity contribution in [1.29, 1.82) is 0 Å². The summed E-state index contributed by atoms with van der Waals surface area (Å²) < 4.78 is 9.37. The highest BCUT2D eigenvalue weighted by molar-refractivity contribution is 7.25. The molecule has 232 valence electrons. The molecular formula is C48H28OS. The third-order valence-corrected chi connectivity index (χ3v) is 11.6. The minimum Gasteiger partial charge on any atom is -0.455 e. The Morgan fingerprint density at radius 2 is 0.840 bits per heavy atom. The number of hydrogen-bond acceptors (Lipinski definition) is 2. The van der Waals surface area contributed by atoms with E-state index in [0.29, 0.717) is 0 Å². The van der Waals surface area contributed by atoms with Crippen LogP contribution >= 0.6 is 11.3 Å². The van der Waals surface area contributed by atoms with Crippen molar-refractivity contribution in [2.45, 2.75) is 0 Å². The Labute approximate surface area is 293 Å². The highest BCUT2D eigenvalue weighted by Crippen LogP contribution is 2.53. The van der Waals surface area contributed by atoms with Crippen molar-refractivity contribution in [2.24, 2.45) is 0 Å². The van der Waals surface area contributed by atoms with E-state index in [4.69, 9.17) is 4.42 Å². The summed E-state index contributed by atoms with van der Waals surface area (Å²) in [7, 11) is 0. The molecule has 10 aromatic rings. The number of fused-ring (bicyclic) bond motifs is 14. The number of para-hydroxylation sites is 2. The number of thiophene rings is 1. The lowest BCUT2D eigenvalue weighted by Gasteiger charge is -2.26. The van der Waals surface area contributed by atoms with Crippen molar-refractivity contribution in [3.63, 3.8) is 0 Å². The van der Waals surface area contributed by atoms with Crippen LogP contribution in [-0.2, 0) is 0 Å². The first-order valence-corrected chi connectivity index (χ1v) is 17.9. The van der Waals surface area contributed by atoms with E-state index in [1.807, 2.05) is 11.3 Å². The highest BCUT2D eigenvalue weighted by atomic mass is 32.1. The molecule has 1 nitrogen and oxygen atoms in total. The van der Waals surface area contributed by atoms with Gasteiger partial charge in [0.2, 0.25) is 0 Å². The van der Waals surface area contributed by atoms with Crippen molar-refractivity contribution < 1.29 is 4.42 Å². The van der Waals surface area contributed by atoms with Gasteiger partial charge in [-0.15, -0.1) is 11.3 Å². The van der Waals surface area contributed by atoms with Gasteiger partial charge in [0.05, 0.1) is 0 Å². The largest absolute Gasteiger partial charge is 0.455 e. The van der Waals surface area contributed by atoms with Gasteiger partial charge >= 0.3 is 0 Å². The van der Waals surface area contributed by atoms with Crippen LogP contribution in [-0.4, -0.2) is 0 Å². The third kappa shape index (κ3) is 4.00. The lowest BCUT2D eigenvalue weighted by atomic mass is 9.77. The Bertz CT molecular complexity index is 2990. The second-order valence-corrected chi connectivity index (χ2v) is 14.3. The van der Waals surface area contributed by atoms with Gasteiger partial charge in [-0.2, -0.15) is 0 Å². The second kappa shape index (κ2) is 10.6. The SMILES string of the molecule is c1ccc2c(c1)-c1ccccc1-c1cc(-c3ccc4sc5ccccc5c4c3)cc(-c3cccc4c3oc3ccccc34)c1-c1ccccc1-2. The molecule has 0 saturated carbocycles.